The Labute approximate surface area is 334 Å². The first-order chi connectivity index (χ1) is 28.8. The summed E-state index contributed by atoms with van der Waals surface area (Å²) >= 11 is 0. The van der Waals surface area contributed by atoms with Crippen molar-refractivity contribution in [3.05, 3.63) is 206 Å². The third-order valence-corrected chi connectivity index (χ3v) is 11.7. The van der Waals surface area contributed by atoms with Gasteiger partial charge in [-0.25, -0.2) is 9.97 Å². The van der Waals surface area contributed by atoms with Gasteiger partial charge in [0.15, 0.2) is 0 Å². The largest absolute Gasteiger partial charge is 0.309 e. The van der Waals surface area contributed by atoms with Crippen molar-refractivity contribution in [2.45, 2.75) is 0 Å². The molecule has 58 heavy (non-hydrogen) atoms. The van der Waals surface area contributed by atoms with Gasteiger partial charge in [0, 0.05) is 43.6 Å². The smallest absolute Gasteiger partial charge is 0.235 e. The van der Waals surface area contributed by atoms with Gasteiger partial charge in [-0.15, -0.1) is 0 Å². The van der Waals surface area contributed by atoms with Gasteiger partial charge in [0.1, 0.15) is 0 Å². The highest BCUT2D eigenvalue weighted by Crippen LogP contribution is 2.39. The molecule has 270 valence electrons. The van der Waals surface area contributed by atoms with Gasteiger partial charge < -0.3 is 4.57 Å². The van der Waals surface area contributed by atoms with Crippen molar-refractivity contribution in [2.75, 3.05) is 0 Å². The minimum Gasteiger partial charge on any atom is -0.309 e. The molecule has 0 saturated heterocycles. The summed E-state index contributed by atoms with van der Waals surface area (Å²) in [6.45, 7) is 0. The second-order valence-corrected chi connectivity index (χ2v) is 15.0. The third-order valence-electron chi connectivity index (χ3n) is 11.7. The molecule has 0 atom stereocenters. The Hall–Kier alpha value is -7.82. The van der Waals surface area contributed by atoms with E-state index < -0.39 is 0 Å². The van der Waals surface area contributed by atoms with E-state index in [4.69, 9.17) is 9.97 Å². The van der Waals surface area contributed by atoms with Crippen LogP contribution in [0.5, 0.6) is 0 Å². The van der Waals surface area contributed by atoms with Gasteiger partial charge >= 0.3 is 0 Å². The average Bonchev–Trinajstić information content (AvgIpc) is 3.81. The molecular formula is C54H34N4. The Morgan fingerprint density at radius 3 is 1.50 bits per heavy atom. The maximum Gasteiger partial charge on any atom is 0.235 e. The Morgan fingerprint density at radius 1 is 0.293 bits per heavy atom. The van der Waals surface area contributed by atoms with Crippen LogP contribution in [0.15, 0.2) is 206 Å². The Kier molecular flexibility index (Phi) is 7.20. The SMILES string of the molecule is c1ccc(-c2nc(-n3c4ccccc4c4cc(-c5cccc(-c6ccc7c(c6)c6ccccc6n7-c6ccccc6)c5)ccc43)nc3c2ccc2ccccc23)cc1. The van der Waals surface area contributed by atoms with Crippen LogP contribution >= 0.6 is 0 Å². The summed E-state index contributed by atoms with van der Waals surface area (Å²) in [7, 11) is 0. The van der Waals surface area contributed by atoms with Gasteiger partial charge in [-0.1, -0.05) is 146 Å². The first-order valence-electron chi connectivity index (χ1n) is 19.7. The highest BCUT2D eigenvalue weighted by Gasteiger charge is 2.19. The molecule has 0 aliphatic heterocycles. The Bertz CT molecular complexity index is 3560. The van der Waals surface area contributed by atoms with Gasteiger partial charge in [0.2, 0.25) is 5.95 Å². The molecule has 0 aliphatic carbocycles. The molecule has 4 nitrogen and oxygen atoms in total. The van der Waals surface area contributed by atoms with Crippen LogP contribution in [0.4, 0.5) is 0 Å². The van der Waals surface area contributed by atoms with Gasteiger partial charge in [0.25, 0.3) is 0 Å². The lowest BCUT2D eigenvalue weighted by Crippen LogP contribution is -2.03. The number of rotatable bonds is 5. The molecule has 3 heterocycles. The predicted octanol–water partition coefficient (Wildman–Crippen LogP) is 14.0. The van der Waals surface area contributed by atoms with E-state index >= 15 is 0 Å². The number of para-hydroxylation sites is 3. The zero-order chi connectivity index (χ0) is 38.2. The van der Waals surface area contributed by atoms with Crippen LogP contribution in [0.25, 0.3) is 110 Å². The van der Waals surface area contributed by atoms with Gasteiger partial charge in [0.05, 0.1) is 33.3 Å². The van der Waals surface area contributed by atoms with Gasteiger partial charge in [-0.05, 0) is 88.3 Å². The maximum atomic E-state index is 5.37. The standard InChI is InChI=1S/C54H34N4/c1-3-15-36(16-4-1)52-45-29-26-35-14-7-8-21-42(35)53(45)56-54(55-52)58-49-25-12-10-23-44(49)47-34-40(28-31-51(47)58)38-18-13-17-37(32-38)39-27-30-50-46(33-39)43-22-9-11-24-48(43)57(50)41-19-5-2-6-20-41/h1-34H. The molecule has 0 bridgehead atoms. The molecule has 0 spiro atoms. The zero-order valence-corrected chi connectivity index (χ0v) is 31.4. The number of benzene rings is 9. The lowest BCUT2D eigenvalue weighted by atomic mass is 9.97. The van der Waals surface area contributed by atoms with E-state index in [1.807, 2.05) is 6.07 Å². The molecule has 12 aromatic rings. The molecule has 0 unspecified atom stereocenters. The highest BCUT2D eigenvalue weighted by molar-refractivity contribution is 6.13. The summed E-state index contributed by atoms with van der Waals surface area (Å²) in [6, 6.07) is 73.8. The quantitative estimate of drug-likeness (QED) is 0.165. The molecule has 3 aromatic heterocycles. The van der Waals surface area contributed by atoms with Crippen LogP contribution in [-0.4, -0.2) is 19.1 Å². The van der Waals surface area contributed by atoms with Gasteiger partial charge in [-0.2, -0.15) is 0 Å². The van der Waals surface area contributed by atoms with Crippen molar-refractivity contribution in [1.29, 1.82) is 0 Å². The van der Waals surface area contributed by atoms with Crippen molar-refractivity contribution in [3.8, 4) is 45.1 Å². The lowest BCUT2D eigenvalue weighted by molar-refractivity contribution is 1.02. The van der Waals surface area contributed by atoms with Crippen LogP contribution < -0.4 is 0 Å². The molecular weight excluding hydrogens is 705 g/mol. The van der Waals surface area contributed by atoms with E-state index in [0.29, 0.717) is 5.95 Å². The van der Waals surface area contributed by atoms with E-state index in [1.54, 1.807) is 0 Å². The number of hydrogen-bond acceptors (Lipinski definition) is 2. The molecule has 0 saturated carbocycles. The summed E-state index contributed by atoms with van der Waals surface area (Å²) in [5, 5.41) is 8.14. The number of fused-ring (bicyclic) bond motifs is 9. The first kappa shape index (κ1) is 32.4. The van der Waals surface area contributed by atoms with Crippen LogP contribution in [0.1, 0.15) is 0 Å². The minimum absolute atomic E-state index is 0.660. The lowest BCUT2D eigenvalue weighted by Gasteiger charge is -2.13. The number of hydrogen-bond donors (Lipinski definition) is 0. The third kappa shape index (κ3) is 5.02. The molecule has 0 fully saturated rings. The second kappa shape index (κ2) is 12.9. The molecule has 0 amide bonds. The number of nitrogens with zero attached hydrogens (tertiary/aromatic N) is 4. The molecule has 0 radical (unpaired) electrons. The van der Waals surface area contributed by atoms with Crippen LogP contribution in [-0.2, 0) is 0 Å². The summed E-state index contributed by atoms with van der Waals surface area (Å²) in [4.78, 5) is 10.7. The molecule has 0 N–H and O–H groups in total. The van der Waals surface area contributed by atoms with E-state index in [2.05, 4.69) is 209 Å². The van der Waals surface area contributed by atoms with E-state index in [-0.39, 0.29) is 0 Å². The zero-order valence-electron chi connectivity index (χ0n) is 31.4. The molecule has 9 aromatic carbocycles. The van der Waals surface area contributed by atoms with E-state index in [0.717, 1.165) is 60.6 Å². The van der Waals surface area contributed by atoms with Crippen molar-refractivity contribution in [2.24, 2.45) is 0 Å². The Morgan fingerprint density at radius 2 is 0.810 bits per heavy atom. The van der Waals surface area contributed by atoms with Crippen molar-refractivity contribution in [1.82, 2.24) is 19.1 Å². The summed E-state index contributed by atoms with van der Waals surface area (Å²) in [5.74, 6) is 0.660. The summed E-state index contributed by atoms with van der Waals surface area (Å²) in [5.41, 5.74) is 13.4. The fourth-order valence-corrected chi connectivity index (χ4v) is 9.02. The van der Waals surface area contributed by atoms with E-state index in [9.17, 15) is 0 Å². The molecule has 4 heteroatoms. The highest BCUT2D eigenvalue weighted by atomic mass is 15.2. The van der Waals surface area contributed by atoms with E-state index in [1.165, 1.54) is 43.9 Å². The molecule has 0 aliphatic rings. The molecule has 12 rings (SSSR count). The number of aromatic nitrogens is 4. The summed E-state index contributed by atoms with van der Waals surface area (Å²) in [6.07, 6.45) is 0. The topological polar surface area (TPSA) is 35.6 Å². The van der Waals surface area contributed by atoms with Crippen LogP contribution in [0, 0.1) is 0 Å². The fraction of sp³-hybridized carbons (Fsp3) is 0. The minimum atomic E-state index is 0.660. The van der Waals surface area contributed by atoms with Gasteiger partial charge in [-0.3, -0.25) is 4.57 Å². The van der Waals surface area contributed by atoms with Crippen LogP contribution in [0.3, 0.4) is 0 Å². The average molecular weight is 739 g/mol. The first-order valence-corrected chi connectivity index (χ1v) is 19.7. The maximum absolute atomic E-state index is 5.37. The van der Waals surface area contributed by atoms with Crippen molar-refractivity contribution in [3.63, 3.8) is 0 Å². The van der Waals surface area contributed by atoms with Crippen LogP contribution in [0.2, 0.25) is 0 Å². The summed E-state index contributed by atoms with van der Waals surface area (Å²) < 4.78 is 4.60. The second-order valence-electron chi connectivity index (χ2n) is 15.0. The predicted molar refractivity (Wildman–Crippen MR) is 242 cm³/mol. The Balaban J connectivity index is 1.01. The van der Waals surface area contributed by atoms with Crippen molar-refractivity contribution < 1.29 is 0 Å². The normalized spacial score (nSPS) is 11.8. The monoisotopic (exact) mass is 738 g/mol. The fourth-order valence-electron chi connectivity index (χ4n) is 9.02. The van der Waals surface area contributed by atoms with Crippen molar-refractivity contribution >= 4 is 65.3 Å².